The molecule has 1 aromatic heterocycles. The molecule has 3 aromatic rings. The molecule has 0 atom stereocenters. The molecule has 2 heterocycles. The van der Waals surface area contributed by atoms with Crippen LogP contribution in [0.15, 0.2) is 76.7 Å². The van der Waals surface area contributed by atoms with E-state index in [4.69, 9.17) is 9.15 Å². The summed E-state index contributed by atoms with van der Waals surface area (Å²) < 4.78 is 11.0. The number of esters is 1. The van der Waals surface area contributed by atoms with E-state index in [9.17, 15) is 14.9 Å². The van der Waals surface area contributed by atoms with Crippen LogP contribution in [0.25, 0.3) is 23.2 Å². The number of furan rings is 1. The van der Waals surface area contributed by atoms with Crippen LogP contribution in [-0.4, -0.2) is 10.9 Å². The van der Waals surface area contributed by atoms with Crippen LogP contribution in [0, 0.1) is 17.0 Å². The normalized spacial score (nSPS) is 14.8. The summed E-state index contributed by atoms with van der Waals surface area (Å²) in [5.74, 6) is 0.760. The molecule has 0 bridgehead atoms. The van der Waals surface area contributed by atoms with Gasteiger partial charge in [-0.3, -0.25) is 10.1 Å². The highest BCUT2D eigenvalue weighted by molar-refractivity contribution is 6.04. The predicted octanol–water partition coefficient (Wildman–Crippen LogP) is 5.14. The second-order valence-electron chi connectivity index (χ2n) is 6.34. The van der Waals surface area contributed by atoms with E-state index in [1.54, 1.807) is 42.5 Å². The SMILES string of the molecule is Cc1ccc(C2=C/C(=C/c3ccc(-c4ccccc4[N+](=O)[O-])o3)C(=O)O2)cc1. The van der Waals surface area contributed by atoms with Gasteiger partial charge in [-0.15, -0.1) is 0 Å². The minimum absolute atomic E-state index is 0.0436. The van der Waals surface area contributed by atoms with Gasteiger partial charge in [0.15, 0.2) is 0 Å². The predicted molar refractivity (Wildman–Crippen MR) is 104 cm³/mol. The lowest BCUT2D eigenvalue weighted by molar-refractivity contribution is -0.384. The van der Waals surface area contributed by atoms with Crippen LogP contribution < -0.4 is 0 Å². The van der Waals surface area contributed by atoms with Crippen LogP contribution >= 0.6 is 0 Å². The number of carbonyl (C=O) groups excluding carboxylic acids is 1. The summed E-state index contributed by atoms with van der Waals surface area (Å²) in [6.07, 6.45) is 3.21. The smallest absolute Gasteiger partial charge is 0.343 e. The molecule has 0 N–H and O–H groups in total. The third-order valence-electron chi connectivity index (χ3n) is 4.35. The number of rotatable bonds is 4. The number of nitro groups is 1. The molecule has 138 valence electrons. The number of hydrogen-bond donors (Lipinski definition) is 0. The summed E-state index contributed by atoms with van der Waals surface area (Å²) in [6.45, 7) is 1.98. The van der Waals surface area contributed by atoms with Crippen molar-refractivity contribution in [1.82, 2.24) is 0 Å². The van der Waals surface area contributed by atoms with Gasteiger partial charge >= 0.3 is 5.97 Å². The number of benzene rings is 2. The number of cyclic esters (lactones) is 1. The van der Waals surface area contributed by atoms with Crippen LogP contribution in [0.4, 0.5) is 5.69 Å². The average Bonchev–Trinajstić information content (AvgIpc) is 3.30. The number of para-hydroxylation sites is 1. The molecule has 0 aliphatic carbocycles. The summed E-state index contributed by atoms with van der Waals surface area (Å²) in [7, 11) is 0. The molecule has 0 unspecified atom stereocenters. The second-order valence-corrected chi connectivity index (χ2v) is 6.34. The van der Waals surface area contributed by atoms with E-state index >= 15 is 0 Å². The van der Waals surface area contributed by atoms with Crippen molar-refractivity contribution in [2.75, 3.05) is 0 Å². The van der Waals surface area contributed by atoms with Crippen LogP contribution in [-0.2, 0) is 9.53 Å². The zero-order chi connectivity index (χ0) is 19.7. The van der Waals surface area contributed by atoms with Crippen LogP contribution in [0.2, 0.25) is 0 Å². The lowest BCUT2D eigenvalue weighted by atomic mass is 10.1. The van der Waals surface area contributed by atoms with E-state index in [2.05, 4.69) is 0 Å². The standard InChI is InChI=1S/C22H15NO5/c1-14-6-8-15(9-7-14)21-13-16(22(24)28-21)12-17-10-11-20(27-17)18-4-2-3-5-19(18)23(25)26/h2-13H,1H3/b16-12-. The Morgan fingerprint density at radius 2 is 1.75 bits per heavy atom. The van der Waals surface area contributed by atoms with Crippen molar-refractivity contribution in [1.29, 1.82) is 0 Å². The Balaban J connectivity index is 1.65. The first-order valence-corrected chi connectivity index (χ1v) is 8.57. The van der Waals surface area contributed by atoms with Gasteiger partial charge in [-0.2, -0.15) is 0 Å². The van der Waals surface area contributed by atoms with Crippen LogP contribution in [0.5, 0.6) is 0 Å². The molecule has 6 nitrogen and oxygen atoms in total. The molecule has 0 amide bonds. The van der Waals surface area contributed by atoms with Crippen LogP contribution in [0.1, 0.15) is 16.9 Å². The minimum Gasteiger partial charge on any atom is -0.456 e. The zero-order valence-corrected chi connectivity index (χ0v) is 14.9. The number of ether oxygens (including phenoxy) is 1. The maximum atomic E-state index is 12.2. The zero-order valence-electron chi connectivity index (χ0n) is 14.9. The molecule has 1 aliphatic rings. The van der Waals surface area contributed by atoms with Crippen LogP contribution in [0.3, 0.4) is 0 Å². The van der Waals surface area contributed by atoms with Gasteiger partial charge in [0.05, 0.1) is 16.1 Å². The summed E-state index contributed by atoms with van der Waals surface area (Å²) in [4.78, 5) is 22.9. The van der Waals surface area contributed by atoms with Crippen molar-refractivity contribution < 1.29 is 18.9 Å². The quantitative estimate of drug-likeness (QED) is 0.273. The Bertz CT molecular complexity index is 1140. The monoisotopic (exact) mass is 373 g/mol. The van der Waals surface area contributed by atoms with Gasteiger partial charge in [0.2, 0.25) is 0 Å². The van der Waals surface area contributed by atoms with E-state index in [1.165, 1.54) is 6.07 Å². The number of aryl methyl sites for hydroxylation is 1. The fourth-order valence-electron chi connectivity index (χ4n) is 2.92. The summed E-state index contributed by atoms with van der Waals surface area (Å²) in [6, 6.07) is 17.3. The largest absolute Gasteiger partial charge is 0.456 e. The molecule has 2 aromatic carbocycles. The van der Waals surface area contributed by atoms with E-state index in [1.807, 2.05) is 31.2 Å². The van der Waals surface area contributed by atoms with Gasteiger partial charge < -0.3 is 9.15 Å². The number of hydrogen-bond acceptors (Lipinski definition) is 5. The molecular weight excluding hydrogens is 358 g/mol. The first-order valence-electron chi connectivity index (χ1n) is 8.57. The van der Waals surface area contributed by atoms with Gasteiger partial charge in [0.25, 0.3) is 5.69 Å². The van der Waals surface area contributed by atoms with E-state index in [0.717, 1.165) is 11.1 Å². The van der Waals surface area contributed by atoms with Crippen molar-refractivity contribution in [3.05, 3.63) is 99.3 Å². The van der Waals surface area contributed by atoms with Gasteiger partial charge in [-0.1, -0.05) is 42.0 Å². The Morgan fingerprint density at radius 1 is 1.00 bits per heavy atom. The Kier molecular flexibility index (Phi) is 4.37. The number of nitro benzene ring substituents is 1. The lowest BCUT2D eigenvalue weighted by Crippen LogP contribution is -1.96. The molecule has 0 saturated carbocycles. The van der Waals surface area contributed by atoms with Gasteiger partial charge in [0, 0.05) is 11.6 Å². The molecule has 4 rings (SSSR count). The van der Waals surface area contributed by atoms with Crippen molar-refractivity contribution in [2.24, 2.45) is 0 Å². The summed E-state index contributed by atoms with van der Waals surface area (Å²) in [5, 5.41) is 11.2. The van der Waals surface area contributed by atoms with Gasteiger partial charge in [-0.05, 0) is 37.3 Å². The van der Waals surface area contributed by atoms with Crippen molar-refractivity contribution in [3.63, 3.8) is 0 Å². The number of nitrogens with zero attached hydrogens (tertiary/aromatic N) is 1. The van der Waals surface area contributed by atoms with Gasteiger partial charge in [-0.25, -0.2) is 4.79 Å². The van der Waals surface area contributed by atoms with E-state index < -0.39 is 10.9 Å². The van der Waals surface area contributed by atoms with Crippen molar-refractivity contribution >= 4 is 23.5 Å². The highest BCUT2D eigenvalue weighted by Gasteiger charge is 2.23. The third-order valence-corrected chi connectivity index (χ3v) is 4.35. The van der Waals surface area contributed by atoms with Gasteiger partial charge in [0.1, 0.15) is 17.3 Å². The first kappa shape index (κ1) is 17.5. The summed E-state index contributed by atoms with van der Waals surface area (Å²) >= 11 is 0. The Hall–Kier alpha value is -3.93. The Labute approximate surface area is 160 Å². The Morgan fingerprint density at radius 3 is 2.50 bits per heavy atom. The molecule has 1 aliphatic heterocycles. The fraction of sp³-hybridized carbons (Fsp3) is 0.0455. The van der Waals surface area contributed by atoms with E-state index in [-0.39, 0.29) is 5.69 Å². The fourth-order valence-corrected chi connectivity index (χ4v) is 2.92. The minimum atomic E-state index is -0.473. The topological polar surface area (TPSA) is 82.6 Å². The molecular formula is C22H15NO5. The maximum absolute atomic E-state index is 12.2. The molecule has 0 saturated heterocycles. The van der Waals surface area contributed by atoms with E-state index in [0.29, 0.717) is 28.4 Å². The van der Waals surface area contributed by atoms with Crippen molar-refractivity contribution in [2.45, 2.75) is 6.92 Å². The molecule has 28 heavy (non-hydrogen) atoms. The first-order chi connectivity index (χ1) is 13.5. The molecule has 0 radical (unpaired) electrons. The lowest BCUT2D eigenvalue weighted by Gasteiger charge is -2.01. The average molecular weight is 373 g/mol. The molecule has 0 fully saturated rings. The highest BCUT2D eigenvalue weighted by Crippen LogP contribution is 2.32. The maximum Gasteiger partial charge on any atom is 0.343 e. The van der Waals surface area contributed by atoms with Crippen molar-refractivity contribution in [3.8, 4) is 11.3 Å². The molecule has 6 heteroatoms. The number of carbonyl (C=O) groups is 1. The second kappa shape index (κ2) is 7.00. The summed E-state index contributed by atoms with van der Waals surface area (Å²) in [5.41, 5.74) is 2.60. The third kappa shape index (κ3) is 3.35. The molecule has 0 spiro atoms. The highest BCUT2D eigenvalue weighted by atomic mass is 16.6.